The van der Waals surface area contributed by atoms with Gasteiger partial charge in [-0.1, -0.05) is 26.0 Å². The molecule has 0 aromatic heterocycles. The van der Waals surface area contributed by atoms with Crippen molar-refractivity contribution in [3.8, 4) is 11.5 Å². The number of benzene rings is 1. The van der Waals surface area contributed by atoms with Crippen molar-refractivity contribution in [2.45, 2.75) is 20.4 Å². The Hall–Kier alpha value is -1.26. The van der Waals surface area contributed by atoms with Crippen LogP contribution in [-0.4, -0.2) is 38.3 Å². The minimum Gasteiger partial charge on any atom is -0.493 e. The van der Waals surface area contributed by atoms with Gasteiger partial charge in [-0.15, -0.1) is 0 Å². The Labute approximate surface area is 110 Å². The highest BCUT2D eigenvalue weighted by molar-refractivity contribution is 5.46. The van der Waals surface area contributed by atoms with Gasteiger partial charge in [0.1, 0.15) is 6.61 Å². The van der Waals surface area contributed by atoms with Gasteiger partial charge in [0.25, 0.3) is 0 Å². The topological polar surface area (TPSA) is 47.7 Å². The third kappa shape index (κ3) is 3.89. The van der Waals surface area contributed by atoms with E-state index in [4.69, 9.17) is 15.2 Å². The van der Waals surface area contributed by atoms with Gasteiger partial charge >= 0.3 is 0 Å². The number of methoxy groups -OCH3 is 1. The second-order valence-electron chi connectivity index (χ2n) is 4.03. The molecule has 0 aliphatic rings. The van der Waals surface area contributed by atoms with Gasteiger partial charge in [0.15, 0.2) is 11.5 Å². The highest BCUT2D eigenvalue weighted by Crippen LogP contribution is 2.30. The first-order valence-electron chi connectivity index (χ1n) is 6.47. The molecule has 1 aromatic carbocycles. The van der Waals surface area contributed by atoms with Crippen LogP contribution in [0, 0.1) is 0 Å². The highest BCUT2D eigenvalue weighted by atomic mass is 16.5. The predicted molar refractivity (Wildman–Crippen MR) is 74.2 cm³/mol. The van der Waals surface area contributed by atoms with E-state index >= 15 is 0 Å². The quantitative estimate of drug-likeness (QED) is 0.767. The molecule has 18 heavy (non-hydrogen) atoms. The Morgan fingerprint density at radius 1 is 1.22 bits per heavy atom. The van der Waals surface area contributed by atoms with E-state index in [1.54, 1.807) is 7.11 Å². The number of para-hydroxylation sites is 1. The molecule has 0 saturated heterocycles. The maximum Gasteiger partial charge on any atom is 0.165 e. The molecule has 0 unspecified atom stereocenters. The molecule has 0 spiro atoms. The van der Waals surface area contributed by atoms with Crippen molar-refractivity contribution in [3.05, 3.63) is 23.8 Å². The Kier molecular flexibility index (Phi) is 6.54. The van der Waals surface area contributed by atoms with Crippen LogP contribution >= 0.6 is 0 Å². The first kappa shape index (κ1) is 14.8. The molecule has 1 rings (SSSR count). The molecule has 2 N–H and O–H groups in total. The summed E-state index contributed by atoms with van der Waals surface area (Å²) in [6, 6.07) is 5.79. The van der Waals surface area contributed by atoms with Crippen molar-refractivity contribution in [3.63, 3.8) is 0 Å². The molecule has 0 amide bonds. The lowest BCUT2D eigenvalue weighted by Crippen LogP contribution is -2.28. The van der Waals surface area contributed by atoms with Gasteiger partial charge in [-0.2, -0.15) is 0 Å². The first-order valence-corrected chi connectivity index (χ1v) is 6.47. The molecule has 0 bridgehead atoms. The molecule has 0 atom stereocenters. The Balaban J connectivity index is 2.65. The van der Waals surface area contributed by atoms with Gasteiger partial charge in [-0.3, -0.25) is 0 Å². The van der Waals surface area contributed by atoms with Crippen molar-refractivity contribution in [1.29, 1.82) is 0 Å². The molecule has 1 aromatic rings. The summed E-state index contributed by atoms with van der Waals surface area (Å²) in [4.78, 5) is 2.32. The first-order chi connectivity index (χ1) is 8.76. The largest absolute Gasteiger partial charge is 0.493 e. The van der Waals surface area contributed by atoms with Crippen LogP contribution in [0.2, 0.25) is 0 Å². The maximum absolute atomic E-state index is 5.84. The average molecular weight is 252 g/mol. The van der Waals surface area contributed by atoms with Crippen LogP contribution in [0.5, 0.6) is 11.5 Å². The number of ether oxygens (including phenoxy) is 2. The molecule has 0 radical (unpaired) electrons. The number of hydrogen-bond donors (Lipinski definition) is 1. The van der Waals surface area contributed by atoms with Gasteiger partial charge in [-0.05, 0) is 19.2 Å². The maximum atomic E-state index is 5.84. The van der Waals surface area contributed by atoms with Crippen LogP contribution in [0.1, 0.15) is 19.4 Å². The lowest BCUT2D eigenvalue weighted by atomic mass is 10.2. The van der Waals surface area contributed by atoms with Gasteiger partial charge in [0.2, 0.25) is 0 Å². The van der Waals surface area contributed by atoms with E-state index in [1.807, 2.05) is 18.2 Å². The number of rotatable bonds is 8. The van der Waals surface area contributed by atoms with Gasteiger partial charge in [0, 0.05) is 18.7 Å². The number of likely N-dealkylation sites (N-methyl/N-ethyl adjacent to an activating group) is 1. The standard InChI is InChI=1S/C14H24N2O2/c1-4-16(5-2)9-10-18-14-12(11-15)7-6-8-13(14)17-3/h6-8H,4-5,9-11,15H2,1-3H3. The Bertz CT molecular complexity index is 329. The second-order valence-corrected chi connectivity index (χ2v) is 4.03. The summed E-state index contributed by atoms with van der Waals surface area (Å²) in [6.45, 7) is 8.39. The molecular weight excluding hydrogens is 228 g/mol. The van der Waals surface area contributed by atoms with E-state index < -0.39 is 0 Å². The monoisotopic (exact) mass is 252 g/mol. The molecule has 0 aliphatic carbocycles. The third-order valence-electron chi connectivity index (χ3n) is 3.05. The zero-order valence-electron chi connectivity index (χ0n) is 11.6. The molecule has 102 valence electrons. The van der Waals surface area contributed by atoms with Crippen LogP contribution in [0.15, 0.2) is 18.2 Å². The van der Waals surface area contributed by atoms with Crippen LogP contribution in [0.4, 0.5) is 0 Å². The van der Waals surface area contributed by atoms with Crippen molar-refractivity contribution in [1.82, 2.24) is 4.90 Å². The van der Waals surface area contributed by atoms with Crippen LogP contribution in [0.25, 0.3) is 0 Å². The minimum absolute atomic E-state index is 0.456. The SMILES string of the molecule is CCN(CC)CCOc1c(CN)cccc1OC. The van der Waals surface area contributed by atoms with Gasteiger partial charge in [-0.25, -0.2) is 0 Å². The van der Waals surface area contributed by atoms with Crippen molar-refractivity contribution in [2.24, 2.45) is 5.73 Å². The van der Waals surface area contributed by atoms with E-state index in [0.717, 1.165) is 36.7 Å². The fourth-order valence-corrected chi connectivity index (χ4v) is 1.86. The number of hydrogen-bond acceptors (Lipinski definition) is 4. The van der Waals surface area contributed by atoms with Crippen molar-refractivity contribution < 1.29 is 9.47 Å². The van der Waals surface area contributed by atoms with Crippen LogP contribution in [-0.2, 0) is 6.54 Å². The normalized spacial score (nSPS) is 10.7. The smallest absolute Gasteiger partial charge is 0.165 e. The molecule has 4 heteroatoms. The molecular formula is C14H24N2O2. The third-order valence-corrected chi connectivity index (χ3v) is 3.05. The second kappa shape index (κ2) is 7.95. The molecule has 0 saturated carbocycles. The molecule has 0 aliphatic heterocycles. The van der Waals surface area contributed by atoms with Crippen molar-refractivity contribution in [2.75, 3.05) is 33.4 Å². The van der Waals surface area contributed by atoms with E-state index in [1.165, 1.54) is 0 Å². The molecule has 0 fully saturated rings. The van der Waals surface area contributed by atoms with E-state index in [-0.39, 0.29) is 0 Å². The van der Waals surface area contributed by atoms with E-state index in [2.05, 4.69) is 18.7 Å². The zero-order chi connectivity index (χ0) is 13.4. The minimum atomic E-state index is 0.456. The fourth-order valence-electron chi connectivity index (χ4n) is 1.86. The van der Waals surface area contributed by atoms with Gasteiger partial charge in [0.05, 0.1) is 7.11 Å². The summed E-state index contributed by atoms with van der Waals surface area (Å²) >= 11 is 0. The number of nitrogens with zero attached hydrogens (tertiary/aromatic N) is 1. The summed E-state index contributed by atoms with van der Waals surface area (Å²) < 4.78 is 11.1. The molecule has 0 heterocycles. The number of nitrogens with two attached hydrogens (primary N) is 1. The predicted octanol–water partition coefficient (Wildman–Crippen LogP) is 1.87. The summed E-state index contributed by atoms with van der Waals surface area (Å²) in [6.07, 6.45) is 0. The highest BCUT2D eigenvalue weighted by Gasteiger charge is 2.09. The van der Waals surface area contributed by atoms with E-state index in [0.29, 0.717) is 13.2 Å². The Morgan fingerprint density at radius 2 is 1.94 bits per heavy atom. The van der Waals surface area contributed by atoms with Crippen LogP contribution in [0.3, 0.4) is 0 Å². The Morgan fingerprint density at radius 3 is 2.50 bits per heavy atom. The average Bonchev–Trinajstić information content (AvgIpc) is 2.43. The lowest BCUT2D eigenvalue weighted by Gasteiger charge is -2.19. The summed E-state index contributed by atoms with van der Waals surface area (Å²) in [5, 5.41) is 0. The fraction of sp³-hybridized carbons (Fsp3) is 0.571. The zero-order valence-corrected chi connectivity index (χ0v) is 11.6. The summed E-state index contributed by atoms with van der Waals surface area (Å²) in [5.41, 5.74) is 6.69. The van der Waals surface area contributed by atoms with Crippen LogP contribution < -0.4 is 15.2 Å². The van der Waals surface area contributed by atoms with Crippen molar-refractivity contribution >= 4 is 0 Å². The lowest BCUT2D eigenvalue weighted by molar-refractivity contribution is 0.216. The van der Waals surface area contributed by atoms with Gasteiger partial charge < -0.3 is 20.1 Å². The summed E-state index contributed by atoms with van der Waals surface area (Å²) in [5.74, 6) is 1.52. The summed E-state index contributed by atoms with van der Waals surface area (Å²) in [7, 11) is 1.65. The molecule has 4 nitrogen and oxygen atoms in total. The van der Waals surface area contributed by atoms with E-state index in [9.17, 15) is 0 Å².